The third-order valence-electron chi connectivity index (χ3n) is 4.14. The van der Waals surface area contributed by atoms with Gasteiger partial charge in [0.1, 0.15) is 0 Å². The zero-order chi connectivity index (χ0) is 15.5. The maximum atomic E-state index is 12.5. The van der Waals surface area contributed by atoms with Crippen molar-refractivity contribution in [3.63, 3.8) is 0 Å². The average Bonchev–Trinajstić information content (AvgIpc) is 3.04. The lowest BCUT2D eigenvalue weighted by Crippen LogP contribution is -2.39. The van der Waals surface area contributed by atoms with Crippen LogP contribution in [0.5, 0.6) is 0 Å². The van der Waals surface area contributed by atoms with E-state index in [0.29, 0.717) is 23.0 Å². The van der Waals surface area contributed by atoms with Gasteiger partial charge in [-0.25, -0.2) is 4.68 Å². The molecule has 1 amide bonds. The highest BCUT2D eigenvalue weighted by atomic mass is 35.5. The number of piperidine rings is 1. The molecule has 2 heterocycles. The first kappa shape index (κ1) is 15.1. The number of nitrogens with zero attached hydrogens (tertiary/aromatic N) is 3. The number of nitrogens with two attached hydrogens (primary N) is 1. The summed E-state index contributed by atoms with van der Waals surface area (Å²) in [7, 11) is 0. The predicted molar refractivity (Wildman–Crippen MR) is 86.3 cm³/mol. The molecule has 0 atom stereocenters. The van der Waals surface area contributed by atoms with Crippen LogP contribution in [0.2, 0.25) is 5.02 Å². The molecule has 0 saturated carbocycles. The van der Waals surface area contributed by atoms with Crippen LogP contribution >= 0.6 is 11.6 Å². The van der Waals surface area contributed by atoms with Crippen LogP contribution in [0.15, 0.2) is 36.7 Å². The second-order valence-electron chi connectivity index (χ2n) is 5.62. The first-order chi connectivity index (χ1) is 10.7. The zero-order valence-electron chi connectivity index (χ0n) is 12.3. The molecule has 1 aliphatic rings. The van der Waals surface area contributed by atoms with Gasteiger partial charge >= 0.3 is 0 Å². The number of amides is 1. The van der Waals surface area contributed by atoms with Gasteiger partial charge in [-0.1, -0.05) is 17.7 Å². The topological polar surface area (TPSA) is 64.2 Å². The third-order valence-corrected chi connectivity index (χ3v) is 4.37. The Bertz CT molecular complexity index is 662. The molecule has 2 aromatic rings. The quantitative estimate of drug-likeness (QED) is 0.944. The fourth-order valence-electron chi connectivity index (χ4n) is 2.75. The average molecular weight is 319 g/mol. The second-order valence-corrected chi connectivity index (χ2v) is 6.06. The Morgan fingerprint density at radius 1 is 1.36 bits per heavy atom. The monoisotopic (exact) mass is 318 g/mol. The lowest BCUT2D eigenvalue weighted by Gasteiger charge is -2.31. The normalized spacial score (nSPS) is 16.0. The minimum atomic E-state index is 0.0312. The first-order valence-corrected chi connectivity index (χ1v) is 7.85. The molecule has 0 spiro atoms. The van der Waals surface area contributed by atoms with Crippen LogP contribution in [0.4, 0.5) is 0 Å². The molecule has 2 N–H and O–H groups in total. The van der Waals surface area contributed by atoms with Gasteiger partial charge in [0.2, 0.25) is 0 Å². The third kappa shape index (κ3) is 3.15. The summed E-state index contributed by atoms with van der Waals surface area (Å²) in [5.41, 5.74) is 7.13. The Morgan fingerprint density at radius 3 is 2.82 bits per heavy atom. The molecule has 22 heavy (non-hydrogen) atoms. The molecule has 116 valence electrons. The largest absolute Gasteiger partial charge is 0.339 e. The van der Waals surface area contributed by atoms with Crippen molar-refractivity contribution in [2.45, 2.75) is 12.8 Å². The van der Waals surface area contributed by atoms with Crippen molar-refractivity contribution in [3.05, 3.63) is 47.2 Å². The molecule has 0 bridgehead atoms. The summed E-state index contributed by atoms with van der Waals surface area (Å²) in [6.45, 7) is 2.24. The Balaban J connectivity index is 1.72. The predicted octanol–water partition coefficient (Wildman–Crippen LogP) is 2.34. The summed E-state index contributed by atoms with van der Waals surface area (Å²) in [5.74, 6) is 0.571. The molecule has 1 fully saturated rings. The minimum absolute atomic E-state index is 0.0312. The number of likely N-dealkylation sites (tertiary alicyclic amines) is 1. The highest BCUT2D eigenvalue weighted by molar-refractivity contribution is 6.30. The molecule has 1 aliphatic heterocycles. The highest BCUT2D eigenvalue weighted by Gasteiger charge is 2.23. The number of aromatic nitrogens is 2. The number of rotatable bonds is 3. The SMILES string of the molecule is NCC1CCN(C(=O)c2cnn(-c3cccc(Cl)c3)c2)CC1. The van der Waals surface area contributed by atoms with Crippen LogP contribution in [-0.4, -0.2) is 40.2 Å². The van der Waals surface area contributed by atoms with Crippen LogP contribution in [0.25, 0.3) is 5.69 Å². The molecule has 1 saturated heterocycles. The fourth-order valence-corrected chi connectivity index (χ4v) is 2.93. The van der Waals surface area contributed by atoms with Crippen molar-refractivity contribution < 1.29 is 4.79 Å². The molecule has 5 nitrogen and oxygen atoms in total. The Hall–Kier alpha value is -1.85. The summed E-state index contributed by atoms with van der Waals surface area (Å²) >= 11 is 5.99. The number of benzene rings is 1. The van der Waals surface area contributed by atoms with E-state index in [4.69, 9.17) is 17.3 Å². The van der Waals surface area contributed by atoms with Gasteiger partial charge in [0.25, 0.3) is 5.91 Å². The van der Waals surface area contributed by atoms with Crippen molar-refractivity contribution in [2.24, 2.45) is 11.7 Å². The molecule has 1 aromatic carbocycles. The Labute approximate surface area is 134 Å². The highest BCUT2D eigenvalue weighted by Crippen LogP contribution is 2.19. The molecule has 6 heteroatoms. The van der Waals surface area contributed by atoms with E-state index in [1.807, 2.05) is 29.2 Å². The molecular weight excluding hydrogens is 300 g/mol. The standard InChI is InChI=1S/C16H19ClN4O/c17-14-2-1-3-15(8-14)21-11-13(10-19-21)16(22)20-6-4-12(9-18)5-7-20/h1-3,8,10-12H,4-7,9,18H2. The second kappa shape index (κ2) is 6.50. The number of carbonyl (C=O) groups excluding carboxylic acids is 1. The van der Waals surface area contributed by atoms with Crippen LogP contribution in [-0.2, 0) is 0 Å². The molecule has 3 rings (SSSR count). The van der Waals surface area contributed by atoms with E-state index in [-0.39, 0.29) is 5.91 Å². The maximum Gasteiger partial charge on any atom is 0.257 e. The maximum absolute atomic E-state index is 12.5. The van der Waals surface area contributed by atoms with E-state index >= 15 is 0 Å². The van der Waals surface area contributed by atoms with E-state index in [1.165, 1.54) is 0 Å². The van der Waals surface area contributed by atoms with Gasteiger partial charge in [-0.05, 0) is 43.5 Å². The molecular formula is C16H19ClN4O. The summed E-state index contributed by atoms with van der Waals surface area (Å²) in [6, 6.07) is 7.38. The number of hydrogen-bond donors (Lipinski definition) is 1. The van der Waals surface area contributed by atoms with Gasteiger partial charge in [-0.15, -0.1) is 0 Å². The van der Waals surface area contributed by atoms with Gasteiger partial charge in [0, 0.05) is 24.3 Å². The van der Waals surface area contributed by atoms with E-state index in [2.05, 4.69) is 5.10 Å². The summed E-state index contributed by atoms with van der Waals surface area (Å²) in [5, 5.41) is 4.91. The smallest absolute Gasteiger partial charge is 0.257 e. The van der Waals surface area contributed by atoms with Crippen molar-refractivity contribution >= 4 is 17.5 Å². The van der Waals surface area contributed by atoms with Gasteiger partial charge in [-0.2, -0.15) is 5.10 Å². The zero-order valence-corrected chi connectivity index (χ0v) is 13.0. The Morgan fingerprint density at radius 2 is 2.14 bits per heavy atom. The van der Waals surface area contributed by atoms with Crippen LogP contribution in [0.1, 0.15) is 23.2 Å². The van der Waals surface area contributed by atoms with Crippen LogP contribution in [0, 0.1) is 5.92 Å². The summed E-state index contributed by atoms with van der Waals surface area (Å²) in [4.78, 5) is 14.4. The Kier molecular flexibility index (Phi) is 4.45. The minimum Gasteiger partial charge on any atom is -0.339 e. The van der Waals surface area contributed by atoms with Crippen LogP contribution < -0.4 is 5.73 Å². The van der Waals surface area contributed by atoms with Gasteiger partial charge in [0.05, 0.1) is 17.4 Å². The first-order valence-electron chi connectivity index (χ1n) is 7.47. The summed E-state index contributed by atoms with van der Waals surface area (Å²) < 4.78 is 1.67. The van der Waals surface area contributed by atoms with E-state index in [1.54, 1.807) is 17.1 Å². The number of halogens is 1. The lowest BCUT2D eigenvalue weighted by atomic mass is 9.97. The summed E-state index contributed by atoms with van der Waals surface area (Å²) in [6.07, 6.45) is 5.32. The lowest BCUT2D eigenvalue weighted by molar-refractivity contribution is 0.0693. The van der Waals surface area contributed by atoms with Gasteiger partial charge < -0.3 is 10.6 Å². The van der Waals surface area contributed by atoms with E-state index < -0.39 is 0 Å². The van der Waals surface area contributed by atoms with Crippen molar-refractivity contribution in [3.8, 4) is 5.69 Å². The number of carbonyl (C=O) groups is 1. The molecule has 0 radical (unpaired) electrons. The van der Waals surface area contributed by atoms with Crippen molar-refractivity contribution in [1.29, 1.82) is 0 Å². The molecule has 0 aliphatic carbocycles. The number of hydrogen-bond acceptors (Lipinski definition) is 3. The fraction of sp³-hybridized carbons (Fsp3) is 0.375. The van der Waals surface area contributed by atoms with E-state index in [9.17, 15) is 4.79 Å². The van der Waals surface area contributed by atoms with Crippen molar-refractivity contribution in [2.75, 3.05) is 19.6 Å². The van der Waals surface area contributed by atoms with E-state index in [0.717, 1.165) is 31.6 Å². The molecule has 0 unspecified atom stereocenters. The van der Waals surface area contributed by atoms with Gasteiger partial charge in [0.15, 0.2) is 0 Å². The van der Waals surface area contributed by atoms with Crippen LogP contribution in [0.3, 0.4) is 0 Å². The van der Waals surface area contributed by atoms with Gasteiger partial charge in [-0.3, -0.25) is 4.79 Å². The van der Waals surface area contributed by atoms with Crippen molar-refractivity contribution in [1.82, 2.24) is 14.7 Å². The molecule has 1 aromatic heterocycles.